The molecule has 0 fully saturated rings. The van der Waals surface area contributed by atoms with Crippen LogP contribution in [0.15, 0.2) is 47.8 Å². The monoisotopic (exact) mass is 408 g/mol. The molecule has 0 radical (unpaired) electrons. The van der Waals surface area contributed by atoms with Gasteiger partial charge in [-0.15, -0.1) is 11.3 Å². The molecule has 5 nitrogen and oxygen atoms in total. The maximum Gasteiger partial charge on any atom is 0.224 e. The summed E-state index contributed by atoms with van der Waals surface area (Å²) in [7, 11) is 1.66. The number of methoxy groups -OCH3 is 1. The number of nitrogens with zero attached hydrogens (tertiary/aromatic N) is 1. The van der Waals surface area contributed by atoms with Gasteiger partial charge in [-0.2, -0.15) is 0 Å². The van der Waals surface area contributed by atoms with Gasteiger partial charge in [0, 0.05) is 30.3 Å². The summed E-state index contributed by atoms with van der Waals surface area (Å²) in [6, 6.07) is 13.9. The first-order valence-corrected chi connectivity index (χ1v) is 10.6. The molecule has 1 amide bonds. The minimum atomic E-state index is 0.0313. The molecular formula is C23H24N2O3S. The molecule has 1 aliphatic rings. The predicted octanol–water partition coefficient (Wildman–Crippen LogP) is 4.04. The Hall–Kier alpha value is -2.86. The second-order valence-corrected chi connectivity index (χ2v) is 8.15. The number of benzene rings is 2. The Morgan fingerprint density at radius 1 is 1.28 bits per heavy atom. The van der Waals surface area contributed by atoms with Crippen molar-refractivity contribution in [1.82, 2.24) is 10.3 Å². The number of aromatic nitrogens is 1. The predicted molar refractivity (Wildman–Crippen MR) is 115 cm³/mol. The van der Waals surface area contributed by atoms with Gasteiger partial charge >= 0.3 is 0 Å². The van der Waals surface area contributed by atoms with Gasteiger partial charge in [-0.25, -0.2) is 4.98 Å². The molecule has 2 heterocycles. The minimum absolute atomic E-state index is 0.0313. The number of hydrogen-bond donors (Lipinski definition) is 1. The van der Waals surface area contributed by atoms with Gasteiger partial charge in [0.1, 0.15) is 17.6 Å². The molecule has 1 aromatic heterocycles. The minimum Gasteiger partial charge on any atom is -0.497 e. The molecule has 0 saturated carbocycles. The van der Waals surface area contributed by atoms with Crippen molar-refractivity contribution in [2.75, 3.05) is 13.7 Å². The van der Waals surface area contributed by atoms with Crippen LogP contribution in [0.25, 0.3) is 11.3 Å². The van der Waals surface area contributed by atoms with Crippen LogP contribution in [-0.2, 0) is 24.1 Å². The van der Waals surface area contributed by atoms with E-state index in [2.05, 4.69) is 23.3 Å². The van der Waals surface area contributed by atoms with Gasteiger partial charge in [0.05, 0.1) is 24.2 Å². The number of fused-ring (bicyclic) bond motifs is 1. The molecule has 3 aromatic rings. The molecule has 1 aliphatic heterocycles. The molecular weight excluding hydrogens is 384 g/mol. The lowest BCUT2D eigenvalue weighted by Crippen LogP contribution is -2.27. The van der Waals surface area contributed by atoms with Crippen molar-refractivity contribution >= 4 is 17.2 Å². The third kappa shape index (κ3) is 4.77. The second-order valence-electron chi connectivity index (χ2n) is 7.21. The van der Waals surface area contributed by atoms with Gasteiger partial charge in [0.2, 0.25) is 5.91 Å². The Kier molecular flexibility index (Phi) is 5.81. The van der Waals surface area contributed by atoms with Gasteiger partial charge in [-0.05, 0) is 48.4 Å². The second kappa shape index (κ2) is 8.66. The van der Waals surface area contributed by atoms with E-state index in [1.807, 2.05) is 41.8 Å². The molecule has 150 valence electrons. The number of carbonyl (C=O) groups excluding carboxylic acids is 1. The van der Waals surface area contributed by atoms with E-state index in [0.717, 1.165) is 46.2 Å². The van der Waals surface area contributed by atoms with E-state index in [1.165, 1.54) is 5.56 Å². The van der Waals surface area contributed by atoms with Gasteiger partial charge in [-0.3, -0.25) is 4.79 Å². The van der Waals surface area contributed by atoms with Gasteiger partial charge in [0.15, 0.2) is 0 Å². The fourth-order valence-electron chi connectivity index (χ4n) is 3.46. The quantitative estimate of drug-likeness (QED) is 0.641. The summed E-state index contributed by atoms with van der Waals surface area (Å²) in [4.78, 5) is 17.0. The summed E-state index contributed by atoms with van der Waals surface area (Å²) in [5.41, 5.74) is 4.23. The van der Waals surface area contributed by atoms with E-state index >= 15 is 0 Å². The number of nitrogens with one attached hydrogen (secondary N) is 1. The van der Waals surface area contributed by atoms with Crippen LogP contribution in [0.1, 0.15) is 23.1 Å². The molecule has 6 heteroatoms. The van der Waals surface area contributed by atoms with Crippen molar-refractivity contribution < 1.29 is 14.3 Å². The van der Waals surface area contributed by atoms with Crippen molar-refractivity contribution in [2.45, 2.75) is 32.3 Å². The molecule has 1 unspecified atom stereocenters. The van der Waals surface area contributed by atoms with E-state index in [-0.39, 0.29) is 12.0 Å². The maximum atomic E-state index is 12.3. The van der Waals surface area contributed by atoms with Crippen LogP contribution in [0.5, 0.6) is 11.5 Å². The normalized spacial score (nSPS) is 14.9. The Balaban J connectivity index is 1.26. The highest BCUT2D eigenvalue weighted by molar-refractivity contribution is 7.09. The Morgan fingerprint density at radius 2 is 2.10 bits per heavy atom. The molecule has 0 aliphatic carbocycles. The van der Waals surface area contributed by atoms with Crippen molar-refractivity contribution in [2.24, 2.45) is 0 Å². The highest BCUT2D eigenvalue weighted by atomic mass is 32.1. The van der Waals surface area contributed by atoms with Crippen LogP contribution in [0.2, 0.25) is 0 Å². The van der Waals surface area contributed by atoms with E-state index in [4.69, 9.17) is 9.47 Å². The van der Waals surface area contributed by atoms with Gasteiger partial charge in [0.25, 0.3) is 0 Å². The van der Waals surface area contributed by atoms with Crippen LogP contribution >= 0.6 is 11.3 Å². The van der Waals surface area contributed by atoms with E-state index in [9.17, 15) is 4.79 Å². The summed E-state index contributed by atoms with van der Waals surface area (Å²) in [5, 5.41) is 6.06. The zero-order valence-electron chi connectivity index (χ0n) is 16.6. The van der Waals surface area contributed by atoms with Crippen molar-refractivity contribution in [3.63, 3.8) is 0 Å². The van der Waals surface area contributed by atoms with Crippen LogP contribution in [0, 0.1) is 0 Å². The first-order valence-electron chi connectivity index (χ1n) is 9.74. The lowest BCUT2D eigenvalue weighted by Gasteiger charge is -2.06. The smallest absolute Gasteiger partial charge is 0.224 e. The Labute approximate surface area is 174 Å². The molecule has 29 heavy (non-hydrogen) atoms. The zero-order chi connectivity index (χ0) is 20.2. The first kappa shape index (κ1) is 19.5. The van der Waals surface area contributed by atoms with Gasteiger partial charge < -0.3 is 14.8 Å². The first-order chi connectivity index (χ1) is 14.1. The maximum absolute atomic E-state index is 12.3. The van der Waals surface area contributed by atoms with Crippen LogP contribution in [0.4, 0.5) is 0 Å². The average Bonchev–Trinajstić information content (AvgIpc) is 3.33. The third-order valence-electron chi connectivity index (χ3n) is 4.92. The largest absolute Gasteiger partial charge is 0.497 e. The average molecular weight is 409 g/mol. The molecule has 0 bridgehead atoms. The number of thiazole rings is 1. The number of amides is 1. The van der Waals surface area contributed by atoms with Crippen LogP contribution < -0.4 is 14.8 Å². The summed E-state index contributed by atoms with van der Waals surface area (Å²) in [5.74, 6) is 1.80. The van der Waals surface area contributed by atoms with E-state index in [1.54, 1.807) is 18.4 Å². The molecule has 1 atom stereocenters. The molecule has 0 saturated heterocycles. The third-order valence-corrected chi connectivity index (χ3v) is 5.83. The fraction of sp³-hybridized carbons (Fsp3) is 0.304. The molecule has 2 aromatic carbocycles. The van der Waals surface area contributed by atoms with E-state index in [0.29, 0.717) is 13.0 Å². The van der Waals surface area contributed by atoms with Crippen LogP contribution in [0.3, 0.4) is 0 Å². The number of hydrogen-bond acceptors (Lipinski definition) is 5. The zero-order valence-corrected chi connectivity index (χ0v) is 17.4. The van der Waals surface area contributed by atoms with Crippen molar-refractivity contribution in [3.8, 4) is 22.8 Å². The van der Waals surface area contributed by atoms with Gasteiger partial charge in [-0.1, -0.05) is 12.1 Å². The topological polar surface area (TPSA) is 60.5 Å². The van der Waals surface area contributed by atoms with Crippen molar-refractivity contribution in [1.29, 1.82) is 0 Å². The SMILES string of the molecule is COc1ccc(-c2csc(CCNC(=O)Cc3ccc4c(c3)CC(C)O4)n2)cc1. The highest BCUT2D eigenvalue weighted by Crippen LogP contribution is 2.29. The molecule has 0 spiro atoms. The van der Waals surface area contributed by atoms with Crippen LogP contribution in [-0.4, -0.2) is 30.6 Å². The Morgan fingerprint density at radius 3 is 2.90 bits per heavy atom. The summed E-state index contributed by atoms with van der Waals surface area (Å²) >= 11 is 1.62. The Bertz CT molecular complexity index is 998. The number of ether oxygens (including phenoxy) is 2. The lowest BCUT2D eigenvalue weighted by atomic mass is 10.0. The summed E-state index contributed by atoms with van der Waals surface area (Å²) in [6.07, 6.45) is 2.24. The molecule has 1 N–H and O–H groups in total. The summed E-state index contributed by atoms with van der Waals surface area (Å²) < 4.78 is 10.9. The number of carbonyl (C=O) groups is 1. The van der Waals surface area contributed by atoms with Crippen molar-refractivity contribution in [3.05, 3.63) is 64.0 Å². The number of rotatable bonds is 7. The standard InChI is InChI=1S/C23H24N2O3S/c1-15-11-18-12-16(3-8-21(18)28-15)13-22(26)24-10-9-23-25-20(14-29-23)17-4-6-19(27-2)7-5-17/h3-8,12,14-15H,9-11,13H2,1-2H3,(H,24,26). The highest BCUT2D eigenvalue weighted by Gasteiger charge is 2.19. The fourth-order valence-corrected chi connectivity index (χ4v) is 4.27. The summed E-state index contributed by atoms with van der Waals surface area (Å²) in [6.45, 7) is 2.64. The lowest BCUT2D eigenvalue weighted by molar-refractivity contribution is -0.120. The molecule has 4 rings (SSSR count). The van der Waals surface area contributed by atoms with E-state index < -0.39 is 0 Å².